The van der Waals surface area contributed by atoms with Gasteiger partial charge in [-0.15, -0.1) is 0 Å². The van der Waals surface area contributed by atoms with Gasteiger partial charge in [0.15, 0.2) is 0 Å². The number of hydrogen-bond acceptors (Lipinski definition) is 4. The van der Waals surface area contributed by atoms with E-state index in [-0.39, 0.29) is 5.91 Å². The Morgan fingerprint density at radius 3 is 3.04 bits per heavy atom. The normalized spacial score (nSPS) is 19.5. The van der Waals surface area contributed by atoms with Crippen LogP contribution in [0.2, 0.25) is 0 Å². The van der Waals surface area contributed by atoms with Crippen LogP contribution in [-0.4, -0.2) is 46.8 Å². The fraction of sp³-hybridized carbons (Fsp3) is 0.474. The summed E-state index contributed by atoms with van der Waals surface area (Å²) in [5.74, 6) is 1.79. The predicted molar refractivity (Wildman–Crippen MR) is 97.5 cm³/mol. The number of anilines is 1. The van der Waals surface area contributed by atoms with Crippen molar-refractivity contribution in [3.8, 4) is 0 Å². The molecule has 1 atom stereocenters. The molecule has 1 fully saturated rings. The van der Waals surface area contributed by atoms with Gasteiger partial charge in [0.25, 0.3) is 5.91 Å². The molecule has 25 heavy (non-hydrogen) atoms. The lowest BCUT2D eigenvalue weighted by atomic mass is 10.1. The number of nitrogens with zero attached hydrogens (tertiary/aromatic N) is 3. The summed E-state index contributed by atoms with van der Waals surface area (Å²) in [7, 11) is 0. The Morgan fingerprint density at radius 1 is 1.28 bits per heavy atom. The minimum absolute atomic E-state index is 0.169. The molecule has 0 bridgehead atoms. The molecule has 6 nitrogen and oxygen atoms in total. The number of likely N-dealkylation sites (tertiary alicyclic amines) is 1. The number of aromatic nitrogens is 2. The first kappa shape index (κ1) is 16.1. The van der Waals surface area contributed by atoms with Crippen LogP contribution in [0, 0.1) is 5.92 Å². The quantitative estimate of drug-likeness (QED) is 0.874. The Labute approximate surface area is 148 Å². The lowest BCUT2D eigenvalue weighted by Gasteiger charge is -2.25. The van der Waals surface area contributed by atoms with Crippen molar-refractivity contribution in [1.82, 2.24) is 20.0 Å². The smallest absolute Gasteiger partial charge is 0.253 e. The molecule has 2 aliphatic rings. The second-order valence-corrected chi connectivity index (χ2v) is 6.98. The molecule has 0 saturated carbocycles. The lowest BCUT2D eigenvalue weighted by Crippen LogP contribution is -2.35. The molecule has 0 spiro atoms. The Kier molecular flexibility index (Phi) is 4.70. The van der Waals surface area contributed by atoms with Gasteiger partial charge in [0.1, 0.15) is 5.82 Å². The number of nitrogens with one attached hydrogen (secondary N) is 2. The highest BCUT2D eigenvalue weighted by atomic mass is 16.2. The molecular weight excluding hydrogens is 314 g/mol. The molecule has 3 heterocycles. The molecule has 1 amide bonds. The summed E-state index contributed by atoms with van der Waals surface area (Å²) in [6.07, 6.45) is 4.09. The molecule has 0 aliphatic carbocycles. The van der Waals surface area contributed by atoms with Crippen molar-refractivity contribution in [2.45, 2.75) is 25.9 Å². The first-order chi connectivity index (χ1) is 12.3. The van der Waals surface area contributed by atoms with E-state index in [1.165, 1.54) is 0 Å². The van der Waals surface area contributed by atoms with E-state index in [0.29, 0.717) is 5.92 Å². The van der Waals surface area contributed by atoms with E-state index >= 15 is 0 Å². The summed E-state index contributed by atoms with van der Waals surface area (Å²) >= 11 is 0. The molecule has 132 valence electrons. The number of benzene rings is 1. The lowest BCUT2D eigenvalue weighted by molar-refractivity contribution is 0.0792. The largest absolute Gasteiger partial charge is 0.370 e. The van der Waals surface area contributed by atoms with Crippen molar-refractivity contribution in [3.05, 3.63) is 47.7 Å². The molecule has 4 rings (SSSR count). The van der Waals surface area contributed by atoms with Crippen LogP contribution in [0.15, 0.2) is 36.5 Å². The summed E-state index contributed by atoms with van der Waals surface area (Å²) in [4.78, 5) is 14.5. The third kappa shape index (κ3) is 3.69. The first-order valence-corrected chi connectivity index (χ1v) is 9.14. The van der Waals surface area contributed by atoms with Gasteiger partial charge in [-0.2, -0.15) is 5.10 Å². The van der Waals surface area contributed by atoms with Crippen LogP contribution < -0.4 is 10.6 Å². The Balaban J connectivity index is 1.30. The van der Waals surface area contributed by atoms with Gasteiger partial charge in [-0.25, -0.2) is 4.68 Å². The Morgan fingerprint density at radius 2 is 2.16 bits per heavy atom. The van der Waals surface area contributed by atoms with Crippen molar-refractivity contribution in [2.24, 2.45) is 5.92 Å². The fourth-order valence-corrected chi connectivity index (χ4v) is 3.66. The van der Waals surface area contributed by atoms with Crippen molar-refractivity contribution in [2.75, 3.05) is 31.5 Å². The zero-order chi connectivity index (χ0) is 17.1. The van der Waals surface area contributed by atoms with Crippen LogP contribution in [0.1, 0.15) is 28.8 Å². The second kappa shape index (κ2) is 7.27. The first-order valence-electron chi connectivity index (χ1n) is 9.14. The molecule has 2 aromatic rings. The molecule has 1 aromatic heterocycles. The molecule has 6 heteroatoms. The molecule has 0 radical (unpaired) electrons. The van der Waals surface area contributed by atoms with Crippen molar-refractivity contribution in [3.63, 3.8) is 0 Å². The highest BCUT2D eigenvalue weighted by molar-refractivity contribution is 5.94. The summed E-state index contributed by atoms with van der Waals surface area (Å²) in [6.45, 7) is 5.40. The van der Waals surface area contributed by atoms with E-state index in [1.807, 2.05) is 40.0 Å². The van der Waals surface area contributed by atoms with Gasteiger partial charge in [-0.3, -0.25) is 4.79 Å². The molecule has 0 unspecified atom stereocenters. The van der Waals surface area contributed by atoms with Crippen LogP contribution in [0.25, 0.3) is 0 Å². The van der Waals surface area contributed by atoms with Crippen molar-refractivity contribution >= 4 is 11.7 Å². The molecule has 1 saturated heterocycles. The molecule has 1 aromatic carbocycles. The van der Waals surface area contributed by atoms with Gasteiger partial charge < -0.3 is 15.5 Å². The highest BCUT2D eigenvalue weighted by Crippen LogP contribution is 2.16. The standard InChI is InChI=1S/C19H25N5O/c25-19(23-8-1-2-9-23)17-5-3-4-15(10-17)11-20-12-16-13-21-18-6-7-22-24(18)14-16/h3-7,10,16,20-21H,1-2,8-9,11-14H2/t16-/m1/s1. The molecule has 2 aliphatic heterocycles. The second-order valence-electron chi connectivity index (χ2n) is 6.98. The maximum Gasteiger partial charge on any atom is 0.253 e. The van der Waals surface area contributed by atoms with Crippen LogP contribution in [0.4, 0.5) is 5.82 Å². The van der Waals surface area contributed by atoms with E-state index in [2.05, 4.69) is 21.8 Å². The number of carbonyl (C=O) groups excluding carboxylic acids is 1. The topological polar surface area (TPSA) is 62.2 Å². The van der Waals surface area contributed by atoms with Gasteiger partial charge in [-0.05, 0) is 30.5 Å². The summed E-state index contributed by atoms with van der Waals surface area (Å²) in [6, 6.07) is 10.0. The van der Waals surface area contributed by atoms with Crippen LogP contribution in [0.3, 0.4) is 0 Å². The third-order valence-corrected chi connectivity index (χ3v) is 5.05. The van der Waals surface area contributed by atoms with Gasteiger partial charge in [0.05, 0.1) is 6.20 Å². The fourth-order valence-electron chi connectivity index (χ4n) is 3.66. The van der Waals surface area contributed by atoms with Gasteiger partial charge in [0, 0.05) is 56.8 Å². The number of carbonyl (C=O) groups is 1. The van der Waals surface area contributed by atoms with E-state index in [4.69, 9.17) is 0 Å². The number of amides is 1. The van der Waals surface area contributed by atoms with Gasteiger partial charge >= 0.3 is 0 Å². The van der Waals surface area contributed by atoms with Crippen molar-refractivity contribution < 1.29 is 4.79 Å². The maximum atomic E-state index is 12.5. The Bertz CT molecular complexity index is 735. The summed E-state index contributed by atoms with van der Waals surface area (Å²) in [5.41, 5.74) is 1.97. The number of rotatable bonds is 5. The van der Waals surface area contributed by atoms with E-state index in [0.717, 1.165) is 69.1 Å². The number of hydrogen-bond donors (Lipinski definition) is 2. The van der Waals surface area contributed by atoms with Crippen LogP contribution in [0.5, 0.6) is 0 Å². The van der Waals surface area contributed by atoms with Crippen molar-refractivity contribution in [1.29, 1.82) is 0 Å². The molecule has 2 N–H and O–H groups in total. The predicted octanol–water partition coefficient (Wildman–Crippen LogP) is 1.95. The highest BCUT2D eigenvalue weighted by Gasteiger charge is 2.20. The van der Waals surface area contributed by atoms with Crippen LogP contribution in [-0.2, 0) is 13.1 Å². The van der Waals surface area contributed by atoms with Crippen LogP contribution >= 0.6 is 0 Å². The number of fused-ring (bicyclic) bond motifs is 1. The molecular formula is C19H25N5O. The van der Waals surface area contributed by atoms with Gasteiger partial charge in [-0.1, -0.05) is 12.1 Å². The van der Waals surface area contributed by atoms with E-state index in [9.17, 15) is 4.79 Å². The average molecular weight is 339 g/mol. The minimum Gasteiger partial charge on any atom is -0.370 e. The van der Waals surface area contributed by atoms with E-state index < -0.39 is 0 Å². The third-order valence-electron chi connectivity index (χ3n) is 5.05. The zero-order valence-electron chi connectivity index (χ0n) is 14.4. The minimum atomic E-state index is 0.169. The monoisotopic (exact) mass is 339 g/mol. The van der Waals surface area contributed by atoms with E-state index in [1.54, 1.807) is 0 Å². The maximum absolute atomic E-state index is 12.5. The average Bonchev–Trinajstić information content (AvgIpc) is 3.33. The van der Waals surface area contributed by atoms with Gasteiger partial charge in [0.2, 0.25) is 0 Å². The Hall–Kier alpha value is -2.34. The summed E-state index contributed by atoms with van der Waals surface area (Å²) < 4.78 is 2.02. The zero-order valence-corrected chi connectivity index (χ0v) is 14.4. The SMILES string of the molecule is O=C(c1cccc(CNC[C@@H]2CNc3ccnn3C2)c1)N1CCCC1. The summed E-state index contributed by atoms with van der Waals surface area (Å²) in [5, 5.41) is 11.3.